The van der Waals surface area contributed by atoms with Gasteiger partial charge in [0.2, 0.25) is 0 Å². The highest BCUT2D eigenvalue weighted by atomic mass is 16.5. The first kappa shape index (κ1) is 14.2. The van der Waals surface area contributed by atoms with Gasteiger partial charge in [0.1, 0.15) is 18.1 Å². The maximum absolute atomic E-state index is 5.76. The van der Waals surface area contributed by atoms with Crippen LogP contribution in [0.15, 0.2) is 24.3 Å². The molecule has 2 rings (SSSR count). The molecule has 1 saturated heterocycles. The lowest BCUT2D eigenvalue weighted by Crippen LogP contribution is -2.37. The number of rotatable bonds is 7. The third-order valence-electron chi connectivity index (χ3n) is 3.55. The number of ether oxygens (including phenoxy) is 2. The maximum Gasteiger partial charge on any atom is 0.119 e. The van der Waals surface area contributed by atoms with E-state index in [9.17, 15) is 0 Å². The first-order valence-electron chi connectivity index (χ1n) is 7.13. The molecule has 1 fully saturated rings. The van der Waals surface area contributed by atoms with Gasteiger partial charge in [0.05, 0.1) is 6.61 Å². The topological polar surface area (TPSA) is 47.7 Å². The van der Waals surface area contributed by atoms with Gasteiger partial charge in [0, 0.05) is 19.1 Å². The van der Waals surface area contributed by atoms with Crippen LogP contribution in [0.2, 0.25) is 0 Å². The Labute approximate surface area is 115 Å². The van der Waals surface area contributed by atoms with Crippen LogP contribution in [0, 0.1) is 0 Å². The molecule has 1 atom stereocenters. The third-order valence-corrected chi connectivity index (χ3v) is 3.55. The van der Waals surface area contributed by atoms with Crippen molar-refractivity contribution in [1.29, 1.82) is 0 Å². The predicted octanol–water partition coefficient (Wildman–Crippen LogP) is 1.89. The first-order chi connectivity index (χ1) is 9.33. The van der Waals surface area contributed by atoms with Gasteiger partial charge in [-0.1, -0.05) is 0 Å². The molecule has 0 spiro atoms. The van der Waals surface area contributed by atoms with Gasteiger partial charge >= 0.3 is 0 Å². The zero-order chi connectivity index (χ0) is 13.5. The third kappa shape index (κ3) is 4.11. The van der Waals surface area contributed by atoms with E-state index in [2.05, 4.69) is 4.90 Å². The fourth-order valence-electron chi connectivity index (χ4n) is 2.54. The van der Waals surface area contributed by atoms with E-state index in [4.69, 9.17) is 15.2 Å². The largest absolute Gasteiger partial charge is 0.494 e. The molecule has 0 saturated carbocycles. The minimum Gasteiger partial charge on any atom is -0.494 e. The average Bonchev–Trinajstić information content (AvgIpc) is 2.88. The first-order valence-corrected chi connectivity index (χ1v) is 7.13. The van der Waals surface area contributed by atoms with Crippen molar-refractivity contribution in [2.45, 2.75) is 25.8 Å². The standard InChI is InChI=1S/C15H24N2O2/c1-2-18-14-5-7-15(8-6-14)19-11-10-17-9-3-4-13(17)12-16/h5-8,13H,2-4,9-12,16H2,1H3. The van der Waals surface area contributed by atoms with E-state index in [1.165, 1.54) is 12.8 Å². The SMILES string of the molecule is CCOc1ccc(OCCN2CCCC2CN)cc1. The normalized spacial score (nSPS) is 19.6. The van der Waals surface area contributed by atoms with E-state index in [0.29, 0.717) is 19.3 Å². The summed E-state index contributed by atoms with van der Waals surface area (Å²) >= 11 is 0. The van der Waals surface area contributed by atoms with Crippen LogP contribution in [0.1, 0.15) is 19.8 Å². The molecular weight excluding hydrogens is 240 g/mol. The fourth-order valence-corrected chi connectivity index (χ4v) is 2.54. The molecule has 0 amide bonds. The smallest absolute Gasteiger partial charge is 0.119 e. The van der Waals surface area contributed by atoms with Crippen LogP contribution in [-0.4, -0.2) is 43.8 Å². The van der Waals surface area contributed by atoms with Crippen molar-refractivity contribution in [1.82, 2.24) is 4.90 Å². The van der Waals surface area contributed by atoms with Crippen molar-refractivity contribution in [3.63, 3.8) is 0 Å². The molecule has 0 bridgehead atoms. The molecule has 1 aliphatic heterocycles. The number of nitrogens with zero attached hydrogens (tertiary/aromatic N) is 1. The van der Waals surface area contributed by atoms with E-state index < -0.39 is 0 Å². The average molecular weight is 264 g/mol. The number of hydrogen-bond donors (Lipinski definition) is 1. The minimum absolute atomic E-state index is 0.545. The Morgan fingerprint density at radius 3 is 2.53 bits per heavy atom. The van der Waals surface area contributed by atoms with Crippen LogP contribution < -0.4 is 15.2 Å². The van der Waals surface area contributed by atoms with E-state index in [1.807, 2.05) is 31.2 Å². The molecule has 1 aromatic rings. The Balaban J connectivity index is 1.73. The molecule has 2 N–H and O–H groups in total. The summed E-state index contributed by atoms with van der Waals surface area (Å²) in [5.74, 6) is 1.78. The molecule has 4 heteroatoms. The molecule has 0 radical (unpaired) electrons. The van der Waals surface area contributed by atoms with Crippen LogP contribution in [0.4, 0.5) is 0 Å². The molecule has 106 valence electrons. The maximum atomic E-state index is 5.76. The molecule has 0 aliphatic carbocycles. The molecular formula is C15H24N2O2. The summed E-state index contributed by atoms with van der Waals surface area (Å²) in [6, 6.07) is 8.34. The van der Waals surface area contributed by atoms with E-state index in [-0.39, 0.29) is 0 Å². The van der Waals surface area contributed by atoms with Gasteiger partial charge in [0.15, 0.2) is 0 Å². The Bertz CT molecular complexity index is 367. The molecule has 1 aliphatic rings. The van der Waals surface area contributed by atoms with Crippen LogP contribution in [0.3, 0.4) is 0 Å². The fraction of sp³-hybridized carbons (Fsp3) is 0.600. The Kier molecular flexibility index (Phi) is 5.48. The Hall–Kier alpha value is -1.26. The summed E-state index contributed by atoms with van der Waals surface area (Å²) in [5, 5.41) is 0. The molecule has 0 aromatic heterocycles. The monoisotopic (exact) mass is 264 g/mol. The van der Waals surface area contributed by atoms with Crippen molar-refractivity contribution in [3.05, 3.63) is 24.3 Å². The highest BCUT2D eigenvalue weighted by Gasteiger charge is 2.22. The lowest BCUT2D eigenvalue weighted by atomic mass is 10.2. The summed E-state index contributed by atoms with van der Waals surface area (Å²) in [5.41, 5.74) is 5.76. The summed E-state index contributed by atoms with van der Waals surface area (Å²) in [7, 11) is 0. The molecule has 1 heterocycles. The Morgan fingerprint density at radius 1 is 1.21 bits per heavy atom. The van der Waals surface area contributed by atoms with Gasteiger partial charge in [-0.15, -0.1) is 0 Å². The van der Waals surface area contributed by atoms with Crippen LogP contribution >= 0.6 is 0 Å². The van der Waals surface area contributed by atoms with Crippen molar-refractivity contribution in [3.8, 4) is 11.5 Å². The predicted molar refractivity (Wildman–Crippen MR) is 76.8 cm³/mol. The van der Waals surface area contributed by atoms with Crippen molar-refractivity contribution >= 4 is 0 Å². The molecule has 1 unspecified atom stereocenters. The summed E-state index contributed by atoms with van der Waals surface area (Å²) in [4.78, 5) is 2.43. The highest BCUT2D eigenvalue weighted by Crippen LogP contribution is 2.18. The van der Waals surface area contributed by atoms with Crippen molar-refractivity contribution in [2.24, 2.45) is 5.73 Å². The van der Waals surface area contributed by atoms with E-state index >= 15 is 0 Å². The van der Waals surface area contributed by atoms with Gasteiger partial charge in [-0.2, -0.15) is 0 Å². The summed E-state index contributed by atoms with van der Waals surface area (Å²) < 4.78 is 11.2. The second-order valence-corrected chi connectivity index (χ2v) is 4.82. The van der Waals surface area contributed by atoms with Crippen molar-refractivity contribution < 1.29 is 9.47 Å². The Morgan fingerprint density at radius 2 is 1.89 bits per heavy atom. The van der Waals surface area contributed by atoms with Crippen LogP contribution in [-0.2, 0) is 0 Å². The van der Waals surface area contributed by atoms with Gasteiger partial charge in [-0.3, -0.25) is 4.90 Å². The van der Waals surface area contributed by atoms with Crippen LogP contribution in [0.25, 0.3) is 0 Å². The minimum atomic E-state index is 0.545. The molecule has 1 aromatic carbocycles. The molecule has 19 heavy (non-hydrogen) atoms. The lowest BCUT2D eigenvalue weighted by molar-refractivity contribution is 0.199. The van der Waals surface area contributed by atoms with E-state index in [0.717, 1.165) is 31.1 Å². The zero-order valence-corrected chi connectivity index (χ0v) is 11.7. The van der Waals surface area contributed by atoms with E-state index in [1.54, 1.807) is 0 Å². The summed E-state index contributed by atoms with van der Waals surface area (Å²) in [6.45, 7) is 6.24. The van der Waals surface area contributed by atoms with Crippen molar-refractivity contribution in [2.75, 3.05) is 32.8 Å². The van der Waals surface area contributed by atoms with Crippen LogP contribution in [0.5, 0.6) is 11.5 Å². The zero-order valence-electron chi connectivity index (χ0n) is 11.7. The number of nitrogens with two attached hydrogens (primary N) is 1. The van der Waals surface area contributed by atoms with Gasteiger partial charge in [0.25, 0.3) is 0 Å². The number of hydrogen-bond acceptors (Lipinski definition) is 4. The quantitative estimate of drug-likeness (QED) is 0.817. The van der Waals surface area contributed by atoms with Gasteiger partial charge < -0.3 is 15.2 Å². The molecule has 4 nitrogen and oxygen atoms in total. The number of benzene rings is 1. The highest BCUT2D eigenvalue weighted by molar-refractivity contribution is 5.31. The lowest BCUT2D eigenvalue weighted by Gasteiger charge is -2.22. The summed E-state index contributed by atoms with van der Waals surface area (Å²) in [6.07, 6.45) is 2.48. The number of likely N-dealkylation sites (tertiary alicyclic amines) is 1. The van der Waals surface area contributed by atoms with Gasteiger partial charge in [-0.25, -0.2) is 0 Å². The second kappa shape index (κ2) is 7.36. The van der Waals surface area contributed by atoms with Gasteiger partial charge in [-0.05, 0) is 50.6 Å². The second-order valence-electron chi connectivity index (χ2n) is 4.82.